The van der Waals surface area contributed by atoms with E-state index >= 15 is 0 Å². The van der Waals surface area contributed by atoms with Gasteiger partial charge in [0.25, 0.3) is 0 Å². The zero-order valence-electron chi connectivity index (χ0n) is 12.6. The molecule has 0 spiro atoms. The molecule has 0 aliphatic carbocycles. The van der Waals surface area contributed by atoms with Gasteiger partial charge in [0.15, 0.2) is 6.80 Å². The van der Waals surface area contributed by atoms with Gasteiger partial charge in [-0.1, -0.05) is 11.6 Å². The Hall–Kier alpha value is -2.73. The Morgan fingerprint density at radius 3 is 2.83 bits per heavy atom. The summed E-state index contributed by atoms with van der Waals surface area (Å²) in [6.07, 6.45) is 8.82. The first-order valence-corrected chi connectivity index (χ1v) is 7.74. The van der Waals surface area contributed by atoms with E-state index in [2.05, 4.69) is 15.0 Å². The van der Waals surface area contributed by atoms with Crippen LogP contribution in [0.2, 0.25) is 5.02 Å². The lowest BCUT2D eigenvalue weighted by atomic mass is 10.2. The number of rotatable bonds is 4. The minimum atomic E-state index is -0.683. The molecule has 120 valence electrons. The van der Waals surface area contributed by atoms with E-state index in [9.17, 15) is 4.39 Å². The van der Waals surface area contributed by atoms with Crippen molar-refractivity contribution in [2.75, 3.05) is 0 Å². The van der Waals surface area contributed by atoms with Gasteiger partial charge in [-0.2, -0.15) is 0 Å². The van der Waals surface area contributed by atoms with Gasteiger partial charge in [-0.15, -0.1) is 0 Å². The molecule has 24 heavy (non-hydrogen) atoms. The fraction of sp³-hybridized carbons (Fsp3) is 0.118. The molecule has 1 aromatic carbocycles. The minimum absolute atomic E-state index is 0.537. The van der Waals surface area contributed by atoms with Crippen LogP contribution in [0.15, 0.2) is 55.4 Å². The molecule has 0 atom stereocenters. The van der Waals surface area contributed by atoms with Crippen LogP contribution in [0.3, 0.4) is 0 Å². The topological polar surface area (TPSA) is 48.5 Å². The van der Waals surface area contributed by atoms with Crippen LogP contribution in [-0.2, 0) is 13.3 Å². The average Bonchev–Trinajstić information content (AvgIpc) is 3.22. The van der Waals surface area contributed by atoms with E-state index in [-0.39, 0.29) is 0 Å². The molecule has 0 saturated heterocycles. The highest BCUT2D eigenvalue weighted by Crippen LogP contribution is 2.27. The van der Waals surface area contributed by atoms with Crippen molar-refractivity contribution in [2.45, 2.75) is 13.3 Å². The number of imidazole rings is 2. The third-order valence-electron chi connectivity index (χ3n) is 3.81. The molecule has 0 unspecified atom stereocenters. The molecule has 0 bridgehead atoms. The summed E-state index contributed by atoms with van der Waals surface area (Å²) in [7, 11) is 0. The second kappa shape index (κ2) is 6.05. The predicted octanol–water partition coefficient (Wildman–Crippen LogP) is 3.92. The molecule has 7 heteroatoms. The Morgan fingerprint density at radius 2 is 2.04 bits per heavy atom. The van der Waals surface area contributed by atoms with Gasteiger partial charge in [-0.25, -0.2) is 14.4 Å². The number of hydrogen-bond donors (Lipinski definition) is 0. The van der Waals surface area contributed by atoms with E-state index in [1.165, 1.54) is 4.57 Å². The molecule has 0 saturated carbocycles. The molecule has 4 rings (SSSR count). The van der Waals surface area contributed by atoms with Crippen molar-refractivity contribution in [2.24, 2.45) is 0 Å². The molecule has 0 amide bonds. The first-order chi connectivity index (χ1) is 11.7. The third-order valence-corrected chi connectivity index (χ3v) is 4.04. The van der Waals surface area contributed by atoms with E-state index in [0.29, 0.717) is 28.4 Å². The van der Waals surface area contributed by atoms with Crippen molar-refractivity contribution < 1.29 is 4.39 Å². The summed E-state index contributed by atoms with van der Waals surface area (Å²) in [6.45, 7) is -0.0412. The molecular weight excluding hydrogens is 329 g/mol. The molecule has 4 aromatic rings. The molecule has 0 radical (unpaired) electrons. The standard InChI is InChI=1S/C17H13ClFN5/c18-14-1-2-15-16(6-14)24(10-19)17(22-15)13-5-12(7-21-8-13)9-23-4-3-20-11-23/h1-8,11H,9-10H2. The summed E-state index contributed by atoms with van der Waals surface area (Å²) in [5, 5.41) is 0.552. The Morgan fingerprint density at radius 1 is 1.12 bits per heavy atom. The van der Waals surface area contributed by atoms with Crippen LogP contribution in [0.4, 0.5) is 4.39 Å². The number of pyridine rings is 1. The van der Waals surface area contributed by atoms with Crippen molar-refractivity contribution in [3.63, 3.8) is 0 Å². The van der Waals surface area contributed by atoms with Crippen LogP contribution >= 0.6 is 11.6 Å². The highest BCUT2D eigenvalue weighted by atomic mass is 35.5. The largest absolute Gasteiger partial charge is 0.333 e. The number of fused-ring (bicyclic) bond motifs is 1. The normalized spacial score (nSPS) is 11.2. The average molecular weight is 342 g/mol. The van der Waals surface area contributed by atoms with Crippen LogP contribution in [0.25, 0.3) is 22.4 Å². The molecular formula is C17H13ClFN5. The van der Waals surface area contributed by atoms with Gasteiger partial charge < -0.3 is 4.57 Å². The van der Waals surface area contributed by atoms with Crippen LogP contribution in [0, 0.1) is 0 Å². The first kappa shape index (κ1) is 14.8. The Balaban J connectivity index is 1.79. The van der Waals surface area contributed by atoms with Crippen LogP contribution in [0.1, 0.15) is 5.56 Å². The highest BCUT2D eigenvalue weighted by molar-refractivity contribution is 6.31. The lowest BCUT2D eigenvalue weighted by Gasteiger charge is -2.07. The van der Waals surface area contributed by atoms with Gasteiger partial charge in [-0.05, 0) is 29.8 Å². The van der Waals surface area contributed by atoms with E-state index in [1.807, 2.05) is 16.8 Å². The zero-order valence-corrected chi connectivity index (χ0v) is 13.4. The summed E-state index contributed by atoms with van der Waals surface area (Å²) in [5.41, 5.74) is 3.12. The monoisotopic (exact) mass is 341 g/mol. The maximum atomic E-state index is 13.6. The minimum Gasteiger partial charge on any atom is -0.333 e. The molecule has 0 aliphatic heterocycles. The first-order valence-electron chi connectivity index (χ1n) is 7.36. The summed E-state index contributed by atoms with van der Waals surface area (Å²) in [5.74, 6) is 0.537. The highest BCUT2D eigenvalue weighted by Gasteiger charge is 2.13. The Bertz CT molecular complexity index is 994. The summed E-state index contributed by atoms with van der Waals surface area (Å²) < 4.78 is 17.1. The van der Waals surface area contributed by atoms with Crippen LogP contribution < -0.4 is 0 Å². The lowest BCUT2D eigenvalue weighted by molar-refractivity contribution is 0.387. The van der Waals surface area contributed by atoms with Gasteiger partial charge in [-0.3, -0.25) is 9.55 Å². The van der Waals surface area contributed by atoms with E-state index in [4.69, 9.17) is 11.6 Å². The number of aromatic nitrogens is 5. The molecule has 0 fully saturated rings. The van der Waals surface area contributed by atoms with Gasteiger partial charge in [0, 0.05) is 35.4 Å². The zero-order chi connectivity index (χ0) is 16.5. The quantitative estimate of drug-likeness (QED) is 0.565. The summed E-state index contributed by atoms with van der Waals surface area (Å²) >= 11 is 6.02. The van der Waals surface area contributed by atoms with E-state index in [0.717, 1.165) is 11.1 Å². The van der Waals surface area contributed by atoms with Crippen molar-refractivity contribution in [1.82, 2.24) is 24.1 Å². The predicted molar refractivity (Wildman–Crippen MR) is 90.4 cm³/mol. The molecule has 3 heterocycles. The number of alkyl halides is 1. The molecule has 3 aromatic heterocycles. The van der Waals surface area contributed by atoms with Gasteiger partial charge in [0.05, 0.1) is 23.9 Å². The summed E-state index contributed by atoms with van der Waals surface area (Å²) in [6, 6.07) is 7.21. The van der Waals surface area contributed by atoms with Crippen LogP contribution in [0.5, 0.6) is 0 Å². The number of hydrogen-bond acceptors (Lipinski definition) is 3. The van der Waals surface area contributed by atoms with Crippen molar-refractivity contribution in [3.8, 4) is 11.4 Å². The fourth-order valence-electron chi connectivity index (χ4n) is 2.72. The van der Waals surface area contributed by atoms with E-state index < -0.39 is 6.80 Å². The molecule has 5 nitrogen and oxygen atoms in total. The number of halogens is 2. The number of nitrogens with zero attached hydrogens (tertiary/aromatic N) is 5. The second-order valence-corrected chi connectivity index (χ2v) is 5.87. The fourth-order valence-corrected chi connectivity index (χ4v) is 2.89. The van der Waals surface area contributed by atoms with Gasteiger partial charge in [0.2, 0.25) is 0 Å². The lowest BCUT2D eigenvalue weighted by Crippen LogP contribution is -2.00. The maximum absolute atomic E-state index is 13.6. The Kier molecular flexibility index (Phi) is 3.74. The third kappa shape index (κ3) is 2.65. The summed E-state index contributed by atoms with van der Waals surface area (Å²) in [4.78, 5) is 12.8. The van der Waals surface area contributed by atoms with Gasteiger partial charge >= 0.3 is 0 Å². The Labute approximate surface area is 142 Å². The van der Waals surface area contributed by atoms with Crippen molar-refractivity contribution in [3.05, 3.63) is 66.0 Å². The maximum Gasteiger partial charge on any atom is 0.167 e. The number of benzene rings is 1. The van der Waals surface area contributed by atoms with E-state index in [1.54, 1.807) is 43.1 Å². The van der Waals surface area contributed by atoms with Crippen molar-refractivity contribution in [1.29, 1.82) is 0 Å². The molecule has 0 aliphatic rings. The van der Waals surface area contributed by atoms with Crippen LogP contribution in [-0.4, -0.2) is 24.1 Å². The SMILES string of the molecule is FCn1c(-c2cncc(Cn3ccnc3)c2)nc2ccc(Cl)cc21. The van der Waals surface area contributed by atoms with Crippen molar-refractivity contribution >= 4 is 22.6 Å². The van der Waals surface area contributed by atoms with Gasteiger partial charge in [0.1, 0.15) is 5.82 Å². The smallest absolute Gasteiger partial charge is 0.167 e. The second-order valence-electron chi connectivity index (χ2n) is 5.43. The molecule has 0 N–H and O–H groups in total.